The monoisotopic (exact) mass is 400 g/mol. The largest absolute Gasteiger partial charge is 0.349 e. The number of carbonyl (C=O) groups is 2. The van der Waals surface area contributed by atoms with Crippen LogP contribution in [-0.4, -0.2) is 21.4 Å². The Hall–Kier alpha value is -2.67. The van der Waals surface area contributed by atoms with Gasteiger partial charge in [-0.2, -0.15) is 0 Å². The van der Waals surface area contributed by atoms with E-state index in [4.69, 9.17) is 0 Å². The molecule has 0 unspecified atom stereocenters. The Morgan fingerprint density at radius 1 is 1.12 bits per heavy atom. The maximum Gasteiger partial charge on any atom is 0.244 e. The number of halogens is 1. The van der Waals surface area contributed by atoms with Gasteiger partial charge in [-0.1, -0.05) is 28.1 Å². The van der Waals surface area contributed by atoms with Crippen LogP contribution < -0.4 is 10.6 Å². The lowest BCUT2D eigenvalue weighted by molar-refractivity contribution is -0.119. The molecule has 0 aliphatic rings. The van der Waals surface area contributed by atoms with Crippen molar-refractivity contribution in [2.75, 3.05) is 5.32 Å². The van der Waals surface area contributed by atoms with Gasteiger partial charge in [0.1, 0.15) is 12.4 Å². The van der Waals surface area contributed by atoms with Gasteiger partial charge in [-0.05, 0) is 36.4 Å². The summed E-state index contributed by atoms with van der Waals surface area (Å²) < 4.78 is 2.77. The van der Waals surface area contributed by atoms with Crippen LogP contribution in [0.25, 0.3) is 11.0 Å². The molecular formula is C18H17BrN4O2. The molecule has 0 aliphatic carbocycles. The standard InChI is InChI=1S/C18H17BrN4O2/c1-12(24)20-10-17-22-15-4-2-3-5-16(15)23(17)11-18(25)21-14-8-6-13(19)7-9-14/h2-9H,10-11H2,1H3,(H,20,24)(H,21,25). The first-order valence-corrected chi connectivity index (χ1v) is 8.56. The molecule has 0 saturated heterocycles. The molecule has 0 atom stereocenters. The Bertz CT molecular complexity index is 918. The third-order valence-electron chi connectivity index (χ3n) is 3.66. The van der Waals surface area contributed by atoms with Crippen LogP contribution in [0, 0.1) is 0 Å². The highest BCUT2D eigenvalue weighted by Crippen LogP contribution is 2.17. The smallest absolute Gasteiger partial charge is 0.244 e. The predicted molar refractivity (Wildman–Crippen MR) is 100 cm³/mol. The van der Waals surface area contributed by atoms with Gasteiger partial charge in [0.15, 0.2) is 0 Å². The molecule has 6 nitrogen and oxygen atoms in total. The number of anilines is 1. The molecule has 0 radical (unpaired) electrons. The summed E-state index contributed by atoms with van der Waals surface area (Å²) in [6.45, 7) is 1.84. The molecule has 3 rings (SSSR count). The van der Waals surface area contributed by atoms with E-state index in [1.807, 2.05) is 53.1 Å². The number of nitrogens with one attached hydrogen (secondary N) is 2. The van der Waals surface area contributed by atoms with E-state index in [1.54, 1.807) is 0 Å². The number of imidazole rings is 1. The molecule has 1 aromatic heterocycles. The Balaban J connectivity index is 1.83. The molecule has 25 heavy (non-hydrogen) atoms. The van der Waals surface area contributed by atoms with E-state index in [0.717, 1.165) is 21.2 Å². The number of para-hydroxylation sites is 2. The quantitative estimate of drug-likeness (QED) is 0.690. The third-order valence-corrected chi connectivity index (χ3v) is 4.19. The Morgan fingerprint density at radius 2 is 1.84 bits per heavy atom. The van der Waals surface area contributed by atoms with Crippen LogP contribution in [-0.2, 0) is 22.7 Å². The van der Waals surface area contributed by atoms with Crippen LogP contribution in [0.4, 0.5) is 5.69 Å². The van der Waals surface area contributed by atoms with Crippen molar-refractivity contribution in [2.45, 2.75) is 20.0 Å². The lowest BCUT2D eigenvalue weighted by atomic mass is 10.3. The van der Waals surface area contributed by atoms with Gasteiger partial charge in [0, 0.05) is 17.1 Å². The highest BCUT2D eigenvalue weighted by molar-refractivity contribution is 9.10. The summed E-state index contributed by atoms with van der Waals surface area (Å²) in [5.41, 5.74) is 2.37. The molecule has 7 heteroatoms. The van der Waals surface area contributed by atoms with Crippen molar-refractivity contribution in [3.05, 3.63) is 58.8 Å². The summed E-state index contributed by atoms with van der Waals surface area (Å²) in [7, 11) is 0. The van der Waals surface area contributed by atoms with Crippen LogP contribution in [0.1, 0.15) is 12.7 Å². The van der Waals surface area contributed by atoms with Crippen LogP contribution in [0.2, 0.25) is 0 Å². The van der Waals surface area contributed by atoms with Crippen LogP contribution in [0.15, 0.2) is 53.0 Å². The minimum absolute atomic E-state index is 0.117. The van der Waals surface area contributed by atoms with Gasteiger partial charge < -0.3 is 15.2 Å². The number of carbonyl (C=O) groups excluding carboxylic acids is 2. The summed E-state index contributed by atoms with van der Waals surface area (Å²) in [4.78, 5) is 28.2. The average Bonchev–Trinajstić information content (AvgIpc) is 2.93. The molecule has 3 aromatic rings. The zero-order valence-electron chi connectivity index (χ0n) is 13.6. The molecule has 128 valence electrons. The summed E-state index contributed by atoms with van der Waals surface area (Å²) in [5.74, 6) is 0.342. The molecule has 0 aliphatic heterocycles. The van der Waals surface area contributed by atoms with E-state index < -0.39 is 0 Å². The Labute approximate surface area is 153 Å². The molecule has 1 heterocycles. The number of hydrogen-bond donors (Lipinski definition) is 2. The molecule has 2 amide bonds. The fourth-order valence-corrected chi connectivity index (χ4v) is 2.78. The molecule has 2 N–H and O–H groups in total. The highest BCUT2D eigenvalue weighted by Gasteiger charge is 2.14. The minimum atomic E-state index is -0.158. The zero-order chi connectivity index (χ0) is 17.8. The maximum atomic E-state index is 12.4. The van der Waals surface area contributed by atoms with Crippen LogP contribution in [0.5, 0.6) is 0 Å². The van der Waals surface area contributed by atoms with E-state index >= 15 is 0 Å². The molecular weight excluding hydrogens is 384 g/mol. The zero-order valence-corrected chi connectivity index (χ0v) is 15.2. The van der Waals surface area contributed by atoms with Crippen molar-refractivity contribution < 1.29 is 9.59 Å². The first-order chi connectivity index (χ1) is 12.0. The molecule has 0 bridgehead atoms. The Kier molecular flexibility index (Phi) is 5.14. The summed E-state index contributed by atoms with van der Waals surface area (Å²) in [5, 5.41) is 5.60. The molecule has 0 fully saturated rings. The van der Waals surface area contributed by atoms with E-state index in [1.165, 1.54) is 6.92 Å². The van der Waals surface area contributed by atoms with Gasteiger partial charge in [0.2, 0.25) is 11.8 Å². The molecule has 2 aromatic carbocycles. The number of amides is 2. The fourth-order valence-electron chi connectivity index (χ4n) is 2.52. The summed E-state index contributed by atoms with van der Waals surface area (Å²) >= 11 is 3.37. The SMILES string of the molecule is CC(=O)NCc1nc2ccccc2n1CC(=O)Nc1ccc(Br)cc1. The van der Waals surface area contributed by atoms with E-state index in [2.05, 4.69) is 31.5 Å². The number of hydrogen-bond acceptors (Lipinski definition) is 3. The van der Waals surface area contributed by atoms with Crippen molar-refractivity contribution in [1.82, 2.24) is 14.9 Å². The molecule has 0 saturated carbocycles. The number of fused-ring (bicyclic) bond motifs is 1. The third kappa shape index (κ3) is 4.24. The fraction of sp³-hybridized carbons (Fsp3) is 0.167. The second kappa shape index (κ2) is 7.48. The number of aromatic nitrogens is 2. The second-order valence-electron chi connectivity index (χ2n) is 5.57. The average molecular weight is 401 g/mol. The van der Waals surface area contributed by atoms with Crippen molar-refractivity contribution in [1.29, 1.82) is 0 Å². The first kappa shape index (κ1) is 17.2. The van der Waals surface area contributed by atoms with Crippen LogP contribution >= 0.6 is 15.9 Å². The van der Waals surface area contributed by atoms with Crippen molar-refractivity contribution in [2.24, 2.45) is 0 Å². The van der Waals surface area contributed by atoms with Crippen molar-refractivity contribution in [3.63, 3.8) is 0 Å². The number of nitrogens with zero attached hydrogens (tertiary/aromatic N) is 2. The van der Waals surface area contributed by atoms with E-state index in [9.17, 15) is 9.59 Å². The van der Waals surface area contributed by atoms with E-state index in [-0.39, 0.29) is 24.9 Å². The minimum Gasteiger partial charge on any atom is -0.349 e. The van der Waals surface area contributed by atoms with Gasteiger partial charge in [-0.3, -0.25) is 9.59 Å². The van der Waals surface area contributed by atoms with Gasteiger partial charge in [0.25, 0.3) is 0 Å². The lowest BCUT2D eigenvalue weighted by Gasteiger charge is -2.10. The highest BCUT2D eigenvalue weighted by atomic mass is 79.9. The van der Waals surface area contributed by atoms with Gasteiger partial charge in [-0.15, -0.1) is 0 Å². The van der Waals surface area contributed by atoms with Crippen molar-refractivity contribution >= 4 is 44.5 Å². The topological polar surface area (TPSA) is 76.0 Å². The van der Waals surface area contributed by atoms with Gasteiger partial charge in [-0.25, -0.2) is 4.98 Å². The lowest BCUT2D eigenvalue weighted by Crippen LogP contribution is -2.24. The normalized spacial score (nSPS) is 10.6. The maximum absolute atomic E-state index is 12.4. The second-order valence-corrected chi connectivity index (χ2v) is 6.48. The van der Waals surface area contributed by atoms with Gasteiger partial charge in [0.05, 0.1) is 17.6 Å². The molecule has 0 spiro atoms. The first-order valence-electron chi connectivity index (χ1n) is 7.77. The number of rotatable bonds is 5. The summed E-state index contributed by atoms with van der Waals surface area (Å²) in [6, 6.07) is 15.0. The van der Waals surface area contributed by atoms with Crippen LogP contribution in [0.3, 0.4) is 0 Å². The summed E-state index contributed by atoms with van der Waals surface area (Å²) in [6.07, 6.45) is 0. The van der Waals surface area contributed by atoms with E-state index in [0.29, 0.717) is 5.82 Å². The Morgan fingerprint density at radius 3 is 2.56 bits per heavy atom. The number of benzene rings is 2. The predicted octanol–water partition coefficient (Wildman–Crippen LogP) is 3.07. The van der Waals surface area contributed by atoms with Gasteiger partial charge >= 0.3 is 0 Å². The van der Waals surface area contributed by atoms with Crippen molar-refractivity contribution in [3.8, 4) is 0 Å².